The first kappa shape index (κ1) is 26.7. The summed E-state index contributed by atoms with van der Waals surface area (Å²) in [6.45, 7) is 4.29. The van der Waals surface area contributed by atoms with Gasteiger partial charge in [-0.25, -0.2) is 9.78 Å². The number of fused-ring (bicyclic) bond motifs is 1. The third-order valence-corrected chi connectivity index (χ3v) is 6.75. The zero-order chi connectivity index (χ0) is 28.1. The Bertz CT molecular complexity index is 1620. The van der Waals surface area contributed by atoms with Gasteiger partial charge in [-0.05, 0) is 74.0 Å². The molecule has 40 heavy (non-hydrogen) atoms. The fraction of sp³-hybridized carbons (Fsp3) is 0.219. The average Bonchev–Trinajstić information content (AvgIpc) is 3.52. The fourth-order valence-electron chi connectivity index (χ4n) is 4.64. The highest BCUT2D eigenvalue weighted by atomic mass is 16.6. The molecule has 0 aliphatic carbocycles. The lowest BCUT2D eigenvalue weighted by Crippen LogP contribution is -2.37. The van der Waals surface area contributed by atoms with Crippen LogP contribution in [0.15, 0.2) is 89.5 Å². The predicted octanol–water partition coefficient (Wildman–Crippen LogP) is 6.63. The van der Waals surface area contributed by atoms with Crippen molar-refractivity contribution in [1.82, 2.24) is 14.5 Å². The third-order valence-electron chi connectivity index (χ3n) is 6.75. The molecule has 8 heteroatoms. The molecule has 1 N–H and O–H groups in total. The lowest BCUT2D eigenvalue weighted by atomic mass is 10.1. The van der Waals surface area contributed by atoms with Gasteiger partial charge < -0.3 is 18.8 Å². The van der Waals surface area contributed by atoms with Crippen LogP contribution in [0.2, 0.25) is 0 Å². The number of nitrogens with zero attached hydrogens (tertiary/aromatic N) is 3. The maximum absolute atomic E-state index is 12.8. The molecule has 5 rings (SSSR count). The number of oxazole rings is 1. The van der Waals surface area contributed by atoms with Crippen molar-refractivity contribution in [2.45, 2.75) is 39.8 Å². The lowest BCUT2D eigenvalue weighted by molar-refractivity contribution is -0.138. The van der Waals surface area contributed by atoms with Gasteiger partial charge in [0.2, 0.25) is 5.89 Å². The zero-order valence-corrected chi connectivity index (χ0v) is 22.5. The standard InChI is InChI=1S/C32H31N3O5/c1-22-10-14-27(15-11-22)40-32(38)35(21-30(36)37)20-24-12-13-25-16-18-34(29(25)19-24)17-6-9-28-23(2)39-31(33-28)26-7-4-3-5-8-26/h3-5,7-8,10-16,18-19H,6,9,17,20-21H2,1-2H3,(H,36,37). The number of amides is 1. The van der Waals surface area contributed by atoms with Gasteiger partial charge in [0, 0.05) is 30.4 Å². The van der Waals surface area contributed by atoms with Gasteiger partial charge in [-0.15, -0.1) is 0 Å². The van der Waals surface area contributed by atoms with Crippen LogP contribution >= 0.6 is 0 Å². The van der Waals surface area contributed by atoms with Crippen molar-refractivity contribution in [1.29, 1.82) is 0 Å². The molecule has 0 aliphatic rings. The van der Waals surface area contributed by atoms with Crippen LogP contribution in [0.25, 0.3) is 22.4 Å². The van der Waals surface area contributed by atoms with Gasteiger partial charge in [-0.1, -0.05) is 48.0 Å². The van der Waals surface area contributed by atoms with E-state index < -0.39 is 18.6 Å². The highest BCUT2D eigenvalue weighted by Gasteiger charge is 2.20. The van der Waals surface area contributed by atoms with Crippen LogP contribution in [0.4, 0.5) is 4.79 Å². The van der Waals surface area contributed by atoms with E-state index in [-0.39, 0.29) is 6.54 Å². The second-order valence-corrected chi connectivity index (χ2v) is 9.82. The first-order valence-corrected chi connectivity index (χ1v) is 13.2. The number of hydrogen-bond donors (Lipinski definition) is 1. The minimum Gasteiger partial charge on any atom is -0.480 e. The van der Waals surface area contributed by atoms with Gasteiger partial charge >= 0.3 is 12.1 Å². The Balaban J connectivity index is 1.26. The third kappa shape index (κ3) is 6.40. The number of aliphatic carboxylic acids is 1. The summed E-state index contributed by atoms with van der Waals surface area (Å²) in [4.78, 5) is 30.2. The Kier molecular flexibility index (Phi) is 7.96. The summed E-state index contributed by atoms with van der Waals surface area (Å²) in [5.41, 5.74) is 4.77. The molecule has 204 valence electrons. The van der Waals surface area contributed by atoms with E-state index in [1.165, 1.54) is 4.90 Å². The predicted molar refractivity (Wildman–Crippen MR) is 152 cm³/mol. The molecule has 0 aliphatic heterocycles. The summed E-state index contributed by atoms with van der Waals surface area (Å²) in [5, 5.41) is 10.5. The van der Waals surface area contributed by atoms with Crippen molar-refractivity contribution >= 4 is 23.0 Å². The summed E-state index contributed by atoms with van der Waals surface area (Å²) in [7, 11) is 0. The largest absolute Gasteiger partial charge is 0.480 e. The molecule has 0 bridgehead atoms. The highest BCUT2D eigenvalue weighted by molar-refractivity contribution is 5.81. The van der Waals surface area contributed by atoms with Crippen molar-refractivity contribution in [3.8, 4) is 17.2 Å². The number of carboxylic acid groups (broad SMARTS) is 1. The van der Waals surface area contributed by atoms with E-state index in [9.17, 15) is 14.7 Å². The number of rotatable bonds is 10. The van der Waals surface area contributed by atoms with Crippen LogP contribution in [0, 0.1) is 13.8 Å². The molecular weight excluding hydrogens is 506 g/mol. The summed E-state index contributed by atoms with van der Waals surface area (Å²) >= 11 is 0. The number of carbonyl (C=O) groups excluding carboxylic acids is 1. The molecule has 2 aromatic heterocycles. The number of carboxylic acids is 1. The molecule has 0 fully saturated rings. The van der Waals surface area contributed by atoms with E-state index in [0.29, 0.717) is 11.6 Å². The van der Waals surface area contributed by atoms with Crippen molar-refractivity contribution in [3.05, 3.63) is 108 Å². The molecule has 5 aromatic rings. The Morgan fingerprint density at radius 1 is 1.00 bits per heavy atom. The quantitative estimate of drug-likeness (QED) is 0.215. The monoisotopic (exact) mass is 537 g/mol. The van der Waals surface area contributed by atoms with Gasteiger partial charge in [0.1, 0.15) is 18.1 Å². The second kappa shape index (κ2) is 11.9. The molecule has 0 saturated carbocycles. The summed E-state index contributed by atoms with van der Waals surface area (Å²) in [6.07, 6.45) is 2.97. The van der Waals surface area contributed by atoms with Crippen molar-refractivity contribution in [2.24, 2.45) is 0 Å². The number of aryl methyl sites for hydroxylation is 4. The van der Waals surface area contributed by atoms with Crippen molar-refractivity contribution < 1.29 is 23.8 Å². The topological polar surface area (TPSA) is 97.8 Å². The highest BCUT2D eigenvalue weighted by Crippen LogP contribution is 2.24. The molecule has 0 saturated heterocycles. The number of ether oxygens (including phenoxy) is 1. The lowest BCUT2D eigenvalue weighted by Gasteiger charge is -2.20. The second-order valence-electron chi connectivity index (χ2n) is 9.82. The minimum absolute atomic E-state index is 0.110. The van der Waals surface area contributed by atoms with Crippen molar-refractivity contribution in [2.75, 3.05) is 6.54 Å². The van der Waals surface area contributed by atoms with E-state index in [1.807, 2.05) is 80.7 Å². The van der Waals surface area contributed by atoms with Crippen molar-refractivity contribution in [3.63, 3.8) is 0 Å². The van der Waals surface area contributed by atoms with E-state index in [2.05, 4.69) is 10.6 Å². The molecule has 0 spiro atoms. The van der Waals surface area contributed by atoms with Crippen LogP contribution in [0.1, 0.15) is 29.0 Å². The van der Waals surface area contributed by atoms with Crippen LogP contribution in [0.5, 0.6) is 5.75 Å². The molecule has 1 amide bonds. The molecule has 8 nitrogen and oxygen atoms in total. The molecule has 2 heterocycles. The number of carbonyl (C=O) groups is 2. The van der Waals surface area contributed by atoms with Crippen LogP contribution in [0.3, 0.4) is 0 Å². The van der Waals surface area contributed by atoms with Gasteiger partial charge in [-0.3, -0.25) is 9.69 Å². The number of hydrogen-bond acceptors (Lipinski definition) is 5. The summed E-state index contributed by atoms with van der Waals surface area (Å²) in [6, 6.07) is 24.8. The molecule has 0 atom stereocenters. The average molecular weight is 538 g/mol. The molecule has 0 radical (unpaired) electrons. The number of aromatic nitrogens is 2. The van der Waals surface area contributed by atoms with Gasteiger partial charge in [-0.2, -0.15) is 0 Å². The smallest absolute Gasteiger partial charge is 0.416 e. The first-order valence-electron chi connectivity index (χ1n) is 13.2. The fourth-order valence-corrected chi connectivity index (χ4v) is 4.64. The van der Waals surface area contributed by atoms with E-state index in [4.69, 9.17) is 14.1 Å². The Labute approximate surface area is 232 Å². The molecule has 3 aromatic carbocycles. The van der Waals surface area contributed by atoms with E-state index >= 15 is 0 Å². The SMILES string of the molecule is Cc1ccc(OC(=O)N(CC(=O)O)Cc2ccc3ccn(CCCc4nc(-c5ccccc5)oc4C)c3c2)cc1. The Morgan fingerprint density at radius 3 is 2.52 bits per heavy atom. The molecular formula is C32H31N3O5. The van der Waals surface area contributed by atoms with E-state index in [0.717, 1.165) is 58.4 Å². The first-order chi connectivity index (χ1) is 19.4. The zero-order valence-electron chi connectivity index (χ0n) is 22.5. The Morgan fingerprint density at radius 2 is 1.77 bits per heavy atom. The molecule has 0 unspecified atom stereocenters. The van der Waals surface area contributed by atoms with Gasteiger partial charge in [0.25, 0.3) is 0 Å². The normalized spacial score (nSPS) is 11.1. The van der Waals surface area contributed by atoms with Crippen LogP contribution in [-0.2, 0) is 24.3 Å². The maximum atomic E-state index is 12.8. The Hall–Kier alpha value is -4.85. The minimum atomic E-state index is -1.11. The van der Waals surface area contributed by atoms with E-state index in [1.54, 1.807) is 12.1 Å². The summed E-state index contributed by atoms with van der Waals surface area (Å²) in [5.74, 6) is 0.725. The summed E-state index contributed by atoms with van der Waals surface area (Å²) < 4.78 is 13.5. The maximum Gasteiger partial charge on any atom is 0.416 e. The van der Waals surface area contributed by atoms with Gasteiger partial charge in [0.05, 0.1) is 5.69 Å². The number of benzene rings is 3. The van der Waals surface area contributed by atoms with Crippen LogP contribution in [-0.4, -0.2) is 38.2 Å². The van der Waals surface area contributed by atoms with Gasteiger partial charge in [0.15, 0.2) is 0 Å². The van der Waals surface area contributed by atoms with Crippen LogP contribution < -0.4 is 4.74 Å².